The number of halogens is 1. The molecule has 6 nitrogen and oxygen atoms in total. The molecule has 1 amide bonds. The van der Waals surface area contributed by atoms with Crippen molar-refractivity contribution >= 4 is 11.9 Å². The molecule has 1 atom stereocenters. The highest BCUT2D eigenvalue weighted by Crippen LogP contribution is 2.18. The fraction of sp³-hybridized carbons (Fsp3) is 0.250. The monoisotopic (exact) mass is 321 g/mol. The fourth-order valence-electron chi connectivity index (χ4n) is 2.06. The largest absolute Gasteiger partial charge is 0.479 e. The second-order valence-electron chi connectivity index (χ2n) is 4.95. The second-order valence-corrected chi connectivity index (χ2v) is 4.95. The van der Waals surface area contributed by atoms with Crippen LogP contribution in [0.2, 0.25) is 0 Å². The number of rotatable bonds is 6. The highest BCUT2D eigenvalue weighted by Gasteiger charge is 2.24. The second kappa shape index (κ2) is 7.06. The summed E-state index contributed by atoms with van der Waals surface area (Å²) < 4.78 is 23.4. The lowest BCUT2D eigenvalue weighted by Crippen LogP contribution is -2.33. The first-order valence-electron chi connectivity index (χ1n) is 6.79. The van der Waals surface area contributed by atoms with E-state index in [-0.39, 0.29) is 17.9 Å². The molecule has 0 fully saturated rings. The molecule has 0 aliphatic carbocycles. The van der Waals surface area contributed by atoms with Crippen LogP contribution in [0.1, 0.15) is 33.5 Å². The molecule has 23 heavy (non-hydrogen) atoms. The Morgan fingerprint density at radius 2 is 2.09 bits per heavy atom. The van der Waals surface area contributed by atoms with Crippen molar-refractivity contribution in [3.63, 3.8) is 0 Å². The van der Waals surface area contributed by atoms with Gasteiger partial charge in [-0.05, 0) is 36.2 Å². The molecule has 0 saturated carbocycles. The van der Waals surface area contributed by atoms with E-state index in [0.717, 1.165) is 6.07 Å². The summed E-state index contributed by atoms with van der Waals surface area (Å²) >= 11 is 0. The number of carboxylic acids is 1. The molecule has 122 valence electrons. The third-order valence-corrected chi connectivity index (χ3v) is 3.21. The van der Waals surface area contributed by atoms with E-state index in [1.165, 1.54) is 32.2 Å². The topological polar surface area (TPSA) is 88.8 Å². The SMILES string of the molecule is COCc1ccc(C(=O)NC(C(=O)O)c2ccc(F)c(C)c2)o1. The van der Waals surface area contributed by atoms with Gasteiger partial charge in [-0.3, -0.25) is 4.79 Å². The minimum Gasteiger partial charge on any atom is -0.479 e. The van der Waals surface area contributed by atoms with Gasteiger partial charge in [-0.15, -0.1) is 0 Å². The predicted octanol–water partition coefficient (Wildman–Crippen LogP) is 2.43. The molecule has 1 aromatic heterocycles. The van der Waals surface area contributed by atoms with Gasteiger partial charge in [0.15, 0.2) is 11.8 Å². The maximum Gasteiger partial charge on any atom is 0.330 e. The van der Waals surface area contributed by atoms with Gasteiger partial charge >= 0.3 is 5.97 Å². The van der Waals surface area contributed by atoms with E-state index in [9.17, 15) is 19.1 Å². The number of hydrogen-bond donors (Lipinski definition) is 2. The minimum atomic E-state index is -1.31. The quantitative estimate of drug-likeness (QED) is 0.853. The van der Waals surface area contributed by atoms with Crippen molar-refractivity contribution < 1.29 is 28.2 Å². The van der Waals surface area contributed by atoms with Crippen LogP contribution >= 0.6 is 0 Å². The lowest BCUT2D eigenvalue weighted by Gasteiger charge is -2.15. The number of nitrogens with one attached hydrogen (secondary N) is 1. The number of ether oxygens (including phenoxy) is 1. The molecule has 2 rings (SSSR count). The molecule has 1 heterocycles. The molecule has 0 spiro atoms. The Morgan fingerprint density at radius 1 is 1.35 bits per heavy atom. The normalized spacial score (nSPS) is 12.0. The minimum absolute atomic E-state index is 0.0258. The molecule has 1 aromatic carbocycles. The first kappa shape index (κ1) is 16.7. The maximum atomic E-state index is 13.3. The van der Waals surface area contributed by atoms with Crippen LogP contribution in [0.5, 0.6) is 0 Å². The molecule has 2 N–H and O–H groups in total. The standard InChI is InChI=1S/C16H16FNO5/c1-9-7-10(3-5-12(9)17)14(16(20)21)18-15(19)13-6-4-11(23-13)8-22-2/h3-7,14H,8H2,1-2H3,(H,18,19)(H,20,21). The van der Waals surface area contributed by atoms with E-state index in [2.05, 4.69) is 5.32 Å². The van der Waals surface area contributed by atoms with Crippen molar-refractivity contribution in [2.45, 2.75) is 19.6 Å². The highest BCUT2D eigenvalue weighted by atomic mass is 19.1. The van der Waals surface area contributed by atoms with Crippen LogP contribution in [0.4, 0.5) is 4.39 Å². The van der Waals surface area contributed by atoms with Crippen LogP contribution in [-0.4, -0.2) is 24.1 Å². The molecule has 0 aliphatic rings. The Labute approximate surface area is 131 Å². The zero-order chi connectivity index (χ0) is 17.0. The number of hydrogen-bond acceptors (Lipinski definition) is 4. The van der Waals surface area contributed by atoms with Gasteiger partial charge in [-0.1, -0.05) is 12.1 Å². The number of amides is 1. The van der Waals surface area contributed by atoms with E-state index >= 15 is 0 Å². The van der Waals surface area contributed by atoms with Gasteiger partial charge in [-0.25, -0.2) is 9.18 Å². The molecule has 7 heteroatoms. The number of carbonyl (C=O) groups is 2. The van der Waals surface area contributed by atoms with Crippen LogP contribution < -0.4 is 5.32 Å². The van der Waals surface area contributed by atoms with Crippen molar-refractivity contribution in [3.05, 3.63) is 58.8 Å². The third-order valence-electron chi connectivity index (χ3n) is 3.21. The number of benzene rings is 1. The van der Waals surface area contributed by atoms with E-state index in [1.54, 1.807) is 6.07 Å². The van der Waals surface area contributed by atoms with Gasteiger partial charge in [0.05, 0.1) is 0 Å². The summed E-state index contributed by atoms with van der Waals surface area (Å²) in [6.45, 7) is 1.72. The van der Waals surface area contributed by atoms with Gasteiger partial charge in [-0.2, -0.15) is 0 Å². The summed E-state index contributed by atoms with van der Waals surface area (Å²) in [5, 5.41) is 11.7. The van der Waals surface area contributed by atoms with Gasteiger partial charge in [0.1, 0.15) is 18.2 Å². The molecule has 0 aliphatic heterocycles. The average molecular weight is 321 g/mol. The lowest BCUT2D eigenvalue weighted by molar-refractivity contribution is -0.139. The van der Waals surface area contributed by atoms with Crippen molar-refractivity contribution in [1.82, 2.24) is 5.32 Å². The maximum absolute atomic E-state index is 13.3. The van der Waals surface area contributed by atoms with E-state index < -0.39 is 23.7 Å². The van der Waals surface area contributed by atoms with Crippen LogP contribution in [0.3, 0.4) is 0 Å². The van der Waals surface area contributed by atoms with Crippen molar-refractivity contribution in [2.75, 3.05) is 7.11 Å². The Kier molecular flexibility index (Phi) is 5.13. The Hall–Kier alpha value is -2.67. The Balaban J connectivity index is 2.19. The molecule has 0 saturated heterocycles. The number of carboxylic acid groups (broad SMARTS) is 1. The van der Waals surface area contributed by atoms with E-state index in [0.29, 0.717) is 11.3 Å². The van der Waals surface area contributed by atoms with Crippen LogP contribution in [0.15, 0.2) is 34.7 Å². The zero-order valence-corrected chi connectivity index (χ0v) is 12.6. The Bertz CT molecular complexity index is 725. The molecule has 1 unspecified atom stereocenters. The molecule has 0 radical (unpaired) electrons. The molecular formula is C16H16FNO5. The number of methoxy groups -OCH3 is 1. The summed E-state index contributed by atoms with van der Waals surface area (Å²) in [6, 6.07) is 5.55. The number of carbonyl (C=O) groups excluding carboxylic acids is 1. The summed E-state index contributed by atoms with van der Waals surface area (Å²) in [4.78, 5) is 23.5. The molecule has 0 bridgehead atoms. The average Bonchev–Trinajstić information content (AvgIpc) is 2.96. The summed E-state index contributed by atoms with van der Waals surface area (Å²) in [5.41, 5.74) is 0.566. The summed E-state index contributed by atoms with van der Waals surface area (Å²) in [6.07, 6.45) is 0. The van der Waals surface area contributed by atoms with Gasteiger partial charge < -0.3 is 19.6 Å². The van der Waals surface area contributed by atoms with E-state index in [4.69, 9.17) is 9.15 Å². The third kappa shape index (κ3) is 3.95. The first-order chi connectivity index (χ1) is 10.9. The highest BCUT2D eigenvalue weighted by molar-refractivity contribution is 5.94. The van der Waals surface area contributed by atoms with Crippen LogP contribution in [-0.2, 0) is 16.1 Å². The fourth-order valence-corrected chi connectivity index (χ4v) is 2.06. The van der Waals surface area contributed by atoms with Crippen LogP contribution in [0, 0.1) is 12.7 Å². The van der Waals surface area contributed by atoms with E-state index in [1.807, 2.05) is 0 Å². The lowest BCUT2D eigenvalue weighted by atomic mass is 10.0. The first-order valence-corrected chi connectivity index (χ1v) is 6.79. The van der Waals surface area contributed by atoms with Crippen LogP contribution in [0.25, 0.3) is 0 Å². The van der Waals surface area contributed by atoms with Gasteiger partial charge in [0.2, 0.25) is 0 Å². The predicted molar refractivity (Wildman–Crippen MR) is 78.4 cm³/mol. The molecular weight excluding hydrogens is 305 g/mol. The van der Waals surface area contributed by atoms with Gasteiger partial charge in [0.25, 0.3) is 5.91 Å². The Morgan fingerprint density at radius 3 is 2.70 bits per heavy atom. The van der Waals surface area contributed by atoms with Crippen molar-refractivity contribution in [3.8, 4) is 0 Å². The van der Waals surface area contributed by atoms with Crippen molar-refractivity contribution in [2.24, 2.45) is 0 Å². The summed E-state index contributed by atoms with van der Waals surface area (Å²) in [5.74, 6) is -1.96. The zero-order valence-electron chi connectivity index (χ0n) is 12.6. The summed E-state index contributed by atoms with van der Waals surface area (Å²) in [7, 11) is 1.49. The van der Waals surface area contributed by atoms with Crippen molar-refractivity contribution in [1.29, 1.82) is 0 Å². The number of aryl methyl sites for hydroxylation is 1. The van der Waals surface area contributed by atoms with Gasteiger partial charge in [0, 0.05) is 7.11 Å². The smallest absolute Gasteiger partial charge is 0.330 e. The number of aliphatic carboxylic acids is 1. The molecule has 2 aromatic rings. The number of furan rings is 1.